The van der Waals surface area contributed by atoms with E-state index in [1.165, 1.54) is 4.31 Å². The molecule has 1 N–H and O–H groups in total. The summed E-state index contributed by atoms with van der Waals surface area (Å²) in [5.41, 5.74) is 2.37. The summed E-state index contributed by atoms with van der Waals surface area (Å²) in [7, 11) is -2.23. The molecule has 0 unspecified atom stereocenters. The molecule has 4 aromatic rings. The largest absolute Gasteiger partial charge is 0.493 e. The lowest BCUT2D eigenvalue weighted by Gasteiger charge is -2.18. The van der Waals surface area contributed by atoms with Crippen molar-refractivity contribution < 1.29 is 22.7 Å². The number of anilines is 1. The van der Waals surface area contributed by atoms with E-state index in [1.54, 1.807) is 43.5 Å². The molecule has 0 spiro atoms. The molecule has 7 nitrogen and oxygen atoms in total. The summed E-state index contributed by atoms with van der Waals surface area (Å²) in [5, 5.41) is 4.29. The average molecular weight is 489 g/mol. The molecule has 0 aliphatic carbocycles. The number of methoxy groups -OCH3 is 1. The van der Waals surface area contributed by atoms with Crippen molar-refractivity contribution in [1.82, 2.24) is 5.32 Å². The Morgan fingerprint density at radius 1 is 0.886 bits per heavy atom. The molecule has 178 valence electrons. The topological polar surface area (TPSA) is 84.9 Å². The van der Waals surface area contributed by atoms with Crippen molar-refractivity contribution in [3.05, 3.63) is 96.1 Å². The molecule has 0 bridgehead atoms. The summed E-state index contributed by atoms with van der Waals surface area (Å²) in [6, 6.07) is 25.8. The molecule has 1 aliphatic rings. The van der Waals surface area contributed by atoms with E-state index in [9.17, 15) is 13.2 Å². The Balaban J connectivity index is 1.25. The van der Waals surface area contributed by atoms with E-state index < -0.39 is 15.9 Å². The third kappa shape index (κ3) is 4.40. The maximum Gasteiger partial charge on any atom is 0.265 e. The first-order chi connectivity index (χ1) is 17.0. The normalized spacial score (nSPS) is 13.6. The number of hydrogen-bond acceptors (Lipinski definition) is 5. The summed E-state index contributed by atoms with van der Waals surface area (Å²) in [6.07, 6.45) is 0. The Hall–Kier alpha value is -4.04. The second-order valence-corrected chi connectivity index (χ2v) is 10.0. The Morgan fingerprint density at radius 2 is 1.66 bits per heavy atom. The third-order valence-electron chi connectivity index (χ3n) is 5.92. The van der Waals surface area contributed by atoms with E-state index in [0.29, 0.717) is 29.2 Å². The van der Waals surface area contributed by atoms with Gasteiger partial charge in [0.25, 0.3) is 10.0 Å². The minimum Gasteiger partial charge on any atom is -0.493 e. The maximum absolute atomic E-state index is 13.1. The molecule has 0 atom stereocenters. The fraction of sp³-hybridized carbons (Fsp3) is 0.148. The van der Waals surface area contributed by atoms with Crippen LogP contribution >= 0.6 is 0 Å². The smallest absolute Gasteiger partial charge is 0.265 e. The Bertz CT molecular complexity index is 1500. The first-order valence-electron chi connectivity index (χ1n) is 11.1. The van der Waals surface area contributed by atoms with E-state index in [1.807, 2.05) is 48.5 Å². The van der Waals surface area contributed by atoms with Crippen molar-refractivity contribution in [2.75, 3.05) is 18.0 Å². The number of nitrogens with zero attached hydrogens (tertiary/aromatic N) is 1. The van der Waals surface area contributed by atoms with Crippen LogP contribution in [0.5, 0.6) is 11.5 Å². The Kier molecular flexibility index (Phi) is 6.05. The van der Waals surface area contributed by atoms with Crippen molar-refractivity contribution in [2.24, 2.45) is 0 Å². The van der Waals surface area contributed by atoms with E-state index in [-0.39, 0.29) is 18.0 Å². The monoisotopic (exact) mass is 488 g/mol. The zero-order valence-corrected chi connectivity index (χ0v) is 19.9. The molecule has 5 rings (SSSR count). The quantitative estimate of drug-likeness (QED) is 0.401. The highest BCUT2D eigenvalue weighted by Crippen LogP contribution is 2.41. The number of ether oxygens (including phenoxy) is 2. The molecular weight excluding hydrogens is 464 g/mol. The molecule has 0 radical (unpaired) electrons. The number of hydrogen-bond donors (Lipinski definition) is 1. The maximum atomic E-state index is 13.1. The number of amides is 1. The van der Waals surface area contributed by atoms with Crippen molar-refractivity contribution in [2.45, 2.75) is 18.0 Å². The molecule has 0 saturated carbocycles. The van der Waals surface area contributed by atoms with Gasteiger partial charge in [-0.2, -0.15) is 0 Å². The zero-order chi connectivity index (χ0) is 24.4. The summed E-state index contributed by atoms with van der Waals surface area (Å²) < 4.78 is 38.7. The number of carbonyl (C=O) groups is 1. The van der Waals surface area contributed by atoms with Crippen LogP contribution in [0.2, 0.25) is 0 Å². The molecule has 0 fully saturated rings. The van der Waals surface area contributed by atoms with Crippen LogP contribution < -0.4 is 19.1 Å². The van der Waals surface area contributed by atoms with E-state index in [2.05, 4.69) is 5.32 Å². The molecule has 0 saturated heterocycles. The summed E-state index contributed by atoms with van der Waals surface area (Å²) in [6.45, 7) is 0.331. The number of benzene rings is 4. The molecule has 1 amide bonds. The van der Waals surface area contributed by atoms with Crippen LogP contribution in [0.15, 0.2) is 89.8 Å². The lowest BCUT2D eigenvalue weighted by molar-refractivity contribution is -0.119. The van der Waals surface area contributed by atoms with E-state index in [4.69, 9.17) is 9.47 Å². The first kappa shape index (κ1) is 22.7. The summed E-state index contributed by atoms with van der Waals surface area (Å²) >= 11 is 0. The SMILES string of the molecule is COc1cc(CNC(=O)CN2c3cccc4cccc(c34)S2(=O)=O)ccc1OCc1ccccc1. The highest BCUT2D eigenvalue weighted by Gasteiger charge is 2.36. The van der Waals surface area contributed by atoms with Gasteiger partial charge in [0.2, 0.25) is 5.91 Å². The minimum absolute atomic E-state index is 0.221. The highest BCUT2D eigenvalue weighted by atomic mass is 32.2. The Morgan fingerprint density at radius 3 is 2.43 bits per heavy atom. The van der Waals surface area contributed by atoms with Gasteiger partial charge in [0, 0.05) is 11.9 Å². The van der Waals surface area contributed by atoms with Gasteiger partial charge in [-0.05, 0) is 40.8 Å². The van der Waals surface area contributed by atoms with Crippen LogP contribution in [0.4, 0.5) is 5.69 Å². The van der Waals surface area contributed by atoms with Crippen molar-refractivity contribution in [3.63, 3.8) is 0 Å². The van der Waals surface area contributed by atoms with Crippen LogP contribution in [-0.4, -0.2) is 28.0 Å². The van der Waals surface area contributed by atoms with Gasteiger partial charge < -0.3 is 14.8 Å². The van der Waals surface area contributed by atoms with Gasteiger partial charge in [-0.3, -0.25) is 9.10 Å². The highest BCUT2D eigenvalue weighted by molar-refractivity contribution is 7.93. The fourth-order valence-corrected chi connectivity index (χ4v) is 5.86. The Labute approximate surface area is 204 Å². The first-order valence-corrected chi connectivity index (χ1v) is 12.6. The van der Waals surface area contributed by atoms with Gasteiger partial charge in [0.15, 0.2) is 11.5 Å². The lowest BCUT2D eigenvalue weighted by atomic mass is 10.1. The van der Waals surface area contributed by atoms with Gasteiger partial charge in [-0.15, -0.1) is 0 Å². The molecule has 4 aromatic carbocycles. The molecule has 35 heavy (non-hydrogen) atoms. The van der Waals surface area contributed by atoms with Crippen molar-refractivity contribution >= 4 is 32.4 Å². The van der Waals surface area contributed by atoms with Crippen molar-refractivity contribution in [1.29, 1.82) is 0 Å². The fourth-order valence-electron chi connectivity index (χ4n) is 4.19. The third-order valence-corrected chi connectivity index (χ3v) is 7.73. The second-order valence-electron chi connectivity index (χ2n) is 8.18. The summed E-state index contributed by atoms with van der Waals surface area (Å²) in [4.78, 5) is 13.0. The van der Waals surface area contributed by atoms with Crippen LogP contribution in [0.25, 0.3) is 10.8 Å². The molecular formula is C27H24N2O5S. The van der Waals surface area contributed by atoms with Gasteiger partial charge >= 0.3 is 0 Å². The van der Waals surface area contributed by atoms with Crippen LogP contribution in [0.3, 0.4) is 0 Å². The number of rotatable bonds is 8. The number of sulfonamides is 1. The number of carbonyl (C=O) groups excluding carboxylic acids is 1. The van der Waals surface area contributed by atoms with E-state index >= 15 is 0 Å². The zero-order valence-electron chi connectivity index (χ0n) is 19.1. The lowest BCUT2D eigenvalue weighted by Crippen LogP contribution is -2.38. The van der Waals surface area contributed by atoms with Crippen LogP contribution in [0.1, 0.15) is 11.1 Å². The predicted octanol–water partition coefficient (Wildman–Crippen LogP) is 4.25. The molecule has 8 heteroatoms. The number of nitrogens with one attached hydrogen (secondary N) is 1. The van der Waals surface area contributed by atoms with Crippen LogP contribution in [0, 0.1) is 0 Å². The molecule has 1 heterocycles. The van der Waals surface area contributed by atoms with Gasteiger partial charge in [-0.1, -0.05) is 60.7 Å². The van der Waals surface area contributed by atoms with Crippen molar-refractivity contribution in [3.8, 4) is 11.5 Å². The van der Waals surface area contributed by atoms with E-state index in [0.717, 1.165) is 16.5 Å². The van der Waals surface area contributed by atoms with Crippen LogP contribution in [-0.2, 0) is 28.0 Å². The van der Waals surface area contributed by atoms with Gasteiger partial charge in [0.1, 0.15) is 13.2 Å². The molecule has 1 aliphatic heterocycles. The van der Waals surface area contributed by atoms with Gasteiger partial charge in [0.05, 0.1) is 17.7 Å². The predicted molar refractivity (Wildman–Crippen MR) is 134 cm³/mol. The van der Waals surface area contributed by atoms with Gasteiger partial charge in [-0.25, -0.2) is 8.42 Å². The standard InChI is InChI=1S/C27H24N2O5S/c1-33-24-15-20(13-14-23(24)34-18-19-7-3-2-4-8-19)16-28-26(30)17-29-22-11-5-9-21-10-6-12-25(27(21)22)35(29,31)32/h2-15H,16-18H2,1H3,(H,28,30). The minimum atomic E-state index is -3.79. The molecule has 0 aromatic heterocycles. The summed E-state index contributed by atoms with van der Waals surface area (Å²) in [5.74, 6) is 0.749. The second kappa shape index (κ2) is 9.31. The average Bonchev–Trinajstić information content (AvgIpc) is 3.10.